The molecule has 0 radical (unpaired) electrons. The van der Waals surface area contributed by atoms with Crippen molar-refractivity contribution < 1.29 is 14.3 Å². The highest BCUT2D eigenvalue weighted by Crippen LogP contribution is 2.39. The molecule has 1 aliphatic heterocycles. The van der Waals surface area contributed by atoms with Gasteiger partial charge in [-0.25, -0.2) is 0 Å². The number of carbonyl (C=O) groups is 1. The molecule has 1 fully saturated rings. The largest absolute Gasteiger partial charge is 0.480 e. The predicted octanol–water partition coefficient (Wildman–Crippen LogP) is 4.07. The molecule has 0 aliphatic carbocycles. The van der Waals surface area contributed by atoms with Crippen LogP contribution in [-0.4, -0.2) is 43.5 Å². The van der Waals surface area contributed by atoms with E-state index >= 15 is 0 Å². The van der Waals surface area contributed by atoms with Crippen molar-refractivity contribution in [2.24, 2.45) is 0 Å². The van der Waals surface area contributed by atoms with E-state index in [2.05, 4.69) is 81.4 Å². The molecule has 166 valence electrons. The number of rotatable bonds is 8. The molecule has 3 aromatic carbocycles. The smallest absolute Gasteiger partial charge is 0.322 e. The van der Waals surface area contributed by atoms with Gasteiger partial charge in [0.05, 0.1) is 12.6 Å². The van der Waals surface area contributed by atoms with Gasteiger partial charge in [-0.15, -0.1) is 0 Å². The number of carboxylic acids is 1. The molecule has 0 aromatic heterocycles. The van der Waals surface area contributed by atoms with Crippen molar-refractivity contribution in [3.63, 3.8) is 0 Å². The number of nitrogens with zero attached hydrogens (tertiary/aromatic N) is 1. The second kappa shape index (κ2) is 9.02. The Bertz CT molecular complexity index is 995. The van der Waals surface area contributed by atoms with Crippen LogP contribution in [0.2, 0.25) is 5.04 Å². The number of benzene rings is 3. The second-order valence-electron chi connectivity index (χ2n) is 9.45. The van der Waals surface area contributed by atoms with Crippen molar-refractivity contribution in [2.75, 3.05) is 13.2 Å². The van der Waals surface area contributed by atoms with Crippen LogP contribution in [0.15, 0.2) is 91.0 Å². The van der Waals surface area contributed by atoms with Crippen LogP contribution in [0.3, 0.4) is 0 Å². The van der Waals surface area contributed by atoms with Gasteiger partial charge in [-0.2, -0.15) is 0 Å². The summed E-state index contributed by atoms with van der Waals surface area (Å²) in [5.74, 6) is -0.767. The van der Waals surface area contributed by atoms with Crippen LogP contribution in [-0.2, 0) is 9.22 Å². The molecule has 1 heterocycles. The van der Waals surface area contributed by atoms with Crippen LogP contribution in [0.4, 0.5) is 0 Å². The molecule has 4 rings (SSSR count). The fraction of sp³-hybridized carbons (Fsp3) is 0.296. The predicted molar refractivity (Wildman–Crippen MR) is 131 cm³/mol. The van der Waals surface area contributed by atoms with E-state index in [-0.39, 0.29) is 11.1 Å². The summed E-state index contributed by atoms with van der Waals surface area (Å²) in [6.07, 6.45) is 0. The van der Waals surface area contributed by atoms with Crippen LogP contribution < -0.4 is 10.4 Å². The van der Waals surface area contributed by atoms with Gasteiger partial charge in [0.25, 0.3) is 8.32 Å². The summed E-state index contributed by atoms with van der Waals surface area (Å²) in [7, 11) is -2.69. The quantitative estimate of drug-likeness (QED) is 0.419. The highest BCUT2D eigenvalue weighted by Gasteiger charge is 2.52. The van der Waals surface area contributed by atoms with Crippen molar-refractivity contribution >= 4 is 24.7 Å². The zero-order valence-electron chi connectivity index (χ0n) is 18.9. The van der Waals surface area contributed by atoms with E-state index in [0.29, 0.717) is 13.2 Å². The summed E-state index contributed by atoms with van der Waals surface area (Å²) in [5.41, 5.74) is 1.09. The van der Waals surface area contributed by atoms with Gasteiger partial charge in [-0.1, -0.05) is 112 Å². The molecular weight excluding hydrogens is 414 g/mol. The molecule has 3 atom stereocenters. The van der Waals surface area contributed by atoms with Crippen LogP contribution in [0.1, 0.15) is 32.4 Å². The van der Waals surface area contributed by atoms with E-state index < -0.39 is 20.3 Å². The molecule has 1 aliphatic rings. The summed E-state index contributed by atoms with van der Waals surface area (Å²) in [5, 5.41) is 11.9. The summed E-state index contributed by atoms with van der Waals surface area (Å²) in [6.45, 7) is 7.77. The van der Waals surface area contributed by atoms with E-state index in [1.54, 1.807) is 0 Å². The van der Waals surface area contributed by atoms with Gasteiger partial charge in [0.2, 0.25) is 0 Å². The first-order valence-corrected chi connectivity index (χ1v) is 13.0. The van der Waals surface area contributed by atoms with Gasteiger partial charge in [-0.05, 0) is 21.0 Å². The van der Waals surface area contributed by atoms with E-state index in [0.717, 1.165) is 5.56 Å². The van der Waals surface area contributed by atoms with Gasteiger partial charge in [0.1, 0.15) is 6.04 Å². The Hall–Kier alpha value is -2.73. The van der Waals surface area contributed by atoms with Crippen LogP contribution >= 0.6 is 0 Å². The number of hydrogen-bond acceptors (Lipinski definition) is 3. The zero-order chi connectivity index (χ0) is 22.8. The molecular formula is C27H31NO3Si. The molecule has 4 nitrogen and oxygen atoms in total. The summed E-state index contributed by atoms with van der Waals surface area (Å²) in [6, 6.07) is 30.7. The van der Waals surface area contributed by atoms with E-state index in [9.17, 15) is 9.90 Å². The fourth-order valence-electron chi connectivity index (χ4n) is 4.74. The normalized spacial score (nSPS) is 19.3. The van der Waals surface area contributed by atoms with Gasteiger partial charge in [0.15, 0.2) is 0 Å². The molecule has 32 heavy (non-hydrogen) atoms. The molecule has 0 amide bonds. The van der Waals surface area contributed by atoms with E-state index in [4.69, 9.17) is 4.43 Å². The highest BCUT2D eigenvalue weighted by atomic mass is 28.4. The zero-order valence-corrected chi connectivity index (χ0v) is 19.9. The fourth-order valence-corrected chi connectivity index (χ4v) is 9.30. The first kappa shape index (κ1) is 22.5. The lowest BCUT2D eigenvalue weighted by Gasteiger charge is -2.44. The summed E-state index contributed by atoms with van der Waals surface area (Å²) >= 11 is 0. The minimum absolute atomic E-state index is 0.0982. The minimum atomic E-state index is -2.69. The third kappa shape index (κ3) is 4.28. The maximum atomic E-state index is 11.6. The average Bonchev–Trinajstić information content (AvgIpc) is 3.59. The molecule has 5 heteroatoms. The van der Waals surface area contributed by atoms with Crippen molar-refractivity contribution in [1.82, 2.24) is 4.90 Å². The third-order valence-electron chi connectivity index (χ3n) is 6.39. The molecule has 1 N–H and O–H groups in total. The van der Waals surface area contributed by atoms with Gasteiger partial charge in [0, 0.05) is 6.54 Å². The van der Waals surface area contributed by atoms with Crippen LogP contribution in [0, 0.1) is 0 Å². The standard InChI is InChI=1S/C27H31NO3Si/c1-27(2,3)32(22-15-9-5-10-16-22,23-17-11-6-12-18-23)31-20-25(21-13-7-4-8-14-21)28-19-24(28)26(29)30/h4-18,24-25H,19-20H2,1-3H3,(H,29,30)/t24-,25-,28?/m0/s1. The Labute approximate surface area is 191 Å². The lowest BCUT2D eigenvalue weighted by Crippen LogP contribution is -2.67. The Kier molecular flexibility index (Phi) is 6.33. The Balaban J connectivity index is 1.76. The topological polar surface area (TPSA) is 49.5 Å². The molecule has 0 saturated carbocycles. The highest BCUT2D eigenvalue weighted by molar-refractivity contribution is 6.99. The lowest BCUT2D eigenvalue weighted by atomic mass is 10.1. The first-order valence-electron chi connectivity index (χ1n) is 11.1. The van der Waals surface area contributed by atoms with E-state index in [1.807, 2.05) is 35.2 Å². The average molecular weight is 446 g/mol. The van der Waals surface area contributed by atoms with Crippen molar-refractivity contribution in [2.45, 2.75) is 37.9 Å². The molecule has 3 aromatic rings. The molecule has 1 unspecified atom stereocenters. The number of carboxylic acid groups (broad SMARTS) is 1. The Morgan fingerprint density at radius 3 is 1.81 bits per heavy atom. The SMILES string of the molecule is CC(C)(C)[Si](OC[C@@H](c1ccccc1)N1C[C@H]1C(=O)O)(c1ccccc1)c1ccccc1. The molecule has 1 saturated heterocycles. The van der Waals surface area contributed by atoms with Crippen LogP contribution in [0.25, 0.3) is 0 Å². The molecule has 0 bridgehead atoms. The van der Waals surface area contributed by atoms with Gasteiger partial charge in [-0.3, -0.25) is 9.69 Å². The lowest BCUT2D eigenvalue weighted by molar-refractivity contribution is -0.137. The Morgan fingerprint density at radius 2 is 1.41 bits per heavy atom. The third-order valence-corrected chi connectivity index (χ3v) is 11.4. The van der Waals surface area contributed by atoms with Crippen LogP contribution in [0.5, 0.6) is 0 Å². The molecule has 0 spiro atoms. The monoisotopic (exact) mass is 445 g/mol. The number of aliphatic carboxylic acids is 1. The second-order valence-corrected chi connectivity index (χ2v) is 13.8. The Morgan fingerprint density at radius 1 is 0.938 bits per heavy atom. The maximum Gasteiger partial charge on any atom is 0.322 e. The number of hydrogen-bond donors (Lipinski definition) is 1. The van der Waals surface area contributed by atoms with Crippen molar-refractivity contribution in [1.29, 1.82) is 0 Å². The minimum Gasteiger partial charge on any atom is -0.480 e. The maximum absolute atomic E-state index is 11.6. The first-order chi connectivity index (χ1) is 15.3. The van der Waals surface area contributed by atoms with Crippen molar-refractivity contribution in [3.05, 3.63) is 96.6 Å². The van der Waals surface area contributed by atoms with Crippen molar-refractivity contribution in [3.8, 4) is 0 Å². The van der Waals surface area contributed by atoms with Gasteiger partial charge >= 0.3 is 5.97 Å². The van der Waals surface area contributed by atoms with Gasteiger partial charge < -0.3 is 9.53 Å². The summed E-state index contributed by atoms with van der Waals surface area (Å²) < 4.78 is 7.12. The van der Waals surface area contributed by atoms with E-state index in [1.165, 1.54) is 10.4 Å². The summed E-state index contributed by atoms with van der Waals surface area (Å²) in [4.78, 5) is 13.7.